The van der Waals surface area contributed by atoms with Gasteiger partial charge in [-0.2, -0.15) is 4.80 Å². The number of carbonyl (C=O) groups is 1. The van der Waals surface area contributed by atoms with Crippen LogP contribution in [0.3, 0.4) is 0 Å². The van der Waals surface area contributed by atoms with Gasteiger partial charge in [0, 0.05) is 0 Å². The highest BCUT2D eigenvalue weighted by molar-refractivity contribution is 5.68. The maximum absolute atomic E-state index is 11.6. The van der Waals surface area contributed by atoms with Gasteiger partial charge in [-0.1, -0.05) is 0 Å². The molecular weight excluding hydrogens is 250 g/mol. The number of carbonyl (C=O) groups excluding carboxylic acids is 1. The molecule has 19 heavy (non-hydrogen) atoms. The third-order valence-electron chi connectivity index (χ3n) is 2.09. The van der Waals surface area contributed by atoms with Gasteiger partial charge in [-0.05, 0) is 39.8 Å². The third-order valence-corrected chi connectivity index (χ3v) is 2.09. The van der Waals surface area contributed by atoms with Crippen LogP contribution in [0.1, 0.15) is 52.5 Å². The number of aliphatic hydroxyl groups is 1. The van der Waals surface area contributed by atoms with Crippen molar-refractivity contribution in [2.75, 3.05) is 6.61 Å². The fourth-order valence-electron chi connectivity index (χ4n) is 1.24. The molecule has 0 aliphatic heterocycles. The van der Waals surface area contributed by atoms with Crippen LogP contribution in [0.2, 0.25) is 0 Å². The first-order valence-electron chi connectivity index (χ1n) is 6.12. The van der Waals surface area contributed by atoms with Gasteiger partial charge in [-0.3, -0.25) is 0 Å². The first-order chi connectivity index (χ1) is 8.73. The van der Waals surface area contributed by atoms with Crippen LogP contribution in [-0.2, 0) is 4.74 Å². The van der Waals surface area contributed by atoms with Crippen LogP contribution in [0.15, 0.2) is 0 Å². The van der Waals surface area contributed by atoms with Crippen molar-refractivity contribution in [3.63, 3.8) is 0 Å². The van der Waals surface area contributed by atoms with Gasteiger partial charge in [0.1, 0.15) is 11.6 Å². The summed E-state index contributed by atoms with van der Waals surface area (Å²) < 4.78 is 5.10. The topological polar surface area (TPSA) is 102 Å². The fraction of sp³-hybridized carbons (Fsp3) is 0.818. The Morgan fingerprint density at radius 1 is 1.47 bits per heavy atom. The van der Waals surface area contributed by atoms with Crippen LogP contribution in [0.25, 0.3) is 0 Å². The lowest BCUT2D eigenvalue weighted by Crippen LogP contribution is -2.36. The van der Waals surface area contributed by atoms with Gasteiger partial charge in [-0.25, -0.2) is 4.79 Å². The van der Waals surface area contributed by atoms with Crippen molar-refractivity contribution in [1.29, 1.82) is 0 Å². The summed E-state index contributed by atoms with van der Waals surface area (Å²) in [6.45, 7) is 8.75. The van der Waals surface area contributed by atoms with Crippen LogP contribution >= 0.6 is 0 Å². The molecule has 0 bridgehead atoms. The molecule has 0 saturated heterocycles. The van der Waals surface area contributed by atoms with E-state index in [1.165, 1.54) is 4.80 Å². The summed E-state index contributed by atoms with van der Waals surface area (Å²) in [5, 5.41) is 23.5. The van der Waals surface area contributed by atoms with Crippen molar-refractivity contribution in [3.8, 4) is 0 Å². The lowest BCUT2D eigenvalue weighted by molar-refractivity contribution is 0.0478. The Labute approximate surface area is 112 Å². The van der Waals surface area contributed by atoms with Crippen LogP contribution in [0.4, 0.5) is 4.79 Å². The second kappa shape index (κ2) is 5.96. The average Bonchev–Trinajstić information content (AvgIpc) is 2.72. The largest absolute Gasteiger partial charge is 0.444 e. The zero-order valence-corrected chi connectivity index (χ0v) is 11.9. The Kier molecular flexibility index (Phi) is 4.82. The van der Waals surface area contributed by atoms with Gasteiger partial charge in [0.2, 0.25) is 0 Å². The predicted molar refractivity (Wildman–Crippen MR) is 67.4 cm³/mol. The summed E-state index contributed by atoms with van der Waals surface area (Å²) in [5.41, 5.74) is -0.604. The molecule has 0 aliphatic rings. The van der Waals surface area contributed by atoms with E-state index in [0.29, 0.717) is 0 Å². The molecule has 0 radical (unpaired) electrons. The summed E-state index contributed by atoms with van der Waals surface area (Å²) in [5.74, 6) is 0.252. The number of ether oxygens (including phenoxy) is 1. The highest BCUT2D eigenvalue weighted by Crippen LogP contribution is 2.11. The molecule has 0 saturated carbocycles. The van der Waals surface area contributed by atoms with E-state index in [1.54, 1.807) is 20.8 Å². The van der Waals surface area contributed by atoms with Gasteiger partial charge in [0.15, 0.2) is 5.82 Å². The zero-order chi connectivity index (χ0) is 14.6. The van der Waals surface area contributed by atoms with E-state index in [0.717, 1.165) is 0 Å². The van der Waals surface area contributed by atoms with Crippen molar-refractivity contribution in [2.24, 2.45) is 0 Å². The van der Waals surface area contributed by atoms with Crippen molar-refractivity contribution >= 4 is 6.09 Å². The van der Waals surface area contributed by atoms with Gasteiger partial charge in [-0.15, -0.1) is 10.2 Å². The molecule has 0 aliphatic carbocycles. The lowest BCUT2D eigenvalue weighted by atomic mass is 10.2. The molecule has 8 heteroatoms. The highest BCUT2D eigenvalue weighted by Gasteiger charge is 2.23. The maximum Gasteiger partial charge on any atom is 0.408 e. The molecule has 1 amide bonds. The van der Waals surface area contributed by atoms with E-state index in [9.17, 15) is 9.90 Å². The first kappa shape index (κ1) is 15.4. The molecule has 0 unspecified atom stereocenters. The summed E-state index contributed by atoms with van der Waals surface area (Å²) in [4.78, 5) is 13.0. The summed E-state index contributed by atoms with van der Waals surface area (Å²) >= 11 is 0. The molecular formula is C11H21N5O3. The average molecular weight is 271 g/mol. The number of aromatic nitrogens is 4. The smallest absolute Gasteiger partial charge is 0.408 e. The molecule has 1 atom stereocenters. The number of nitrogens with zero attached hydrogens (tertiary/aromatic N) is 4. The number of hydrogen-bond donors (Lipinski definition) is 2. The monoisotopic (exact) mass is 271 g/mol. The van der Waals surface area contributed by atoms with Gasteiger partial charge >= 0.3 is 6.09 Å². The molecule has 1 aromatic heterocycles. The van der Waals surface area contributed by atoms with Crippen LogP contribution in [0.5, 0.6) is 0 Å². The molecule has 108 valence electrons. The first-order valence-corrected chi connectivity index (χ1v) is 6.12. The normalized spacial score (nSPS) is 13.4. The second-order valence-electron chi connectivity index (χ2n) is 5.44. The Balaban J connectivity index is 2.69. The minimum Gasteiger partial charge on any atom is -0.444 e. The Hall–Kier alpha value is -1.70. The molecule has 1 heterocycles. The number of amides is 1. The predicted octanol–water partition coefficient (Wildman–Crippen LogP) is 0.812. The minimum absolute atomic E-state index is 0.0575. The lowest BCUT2D eigenvalue weighted by Gasteiger charge is -2.21. The van der Waals surface area contributed by atoms with E-state index in [1.807, 2.05) is 13.8 Å². The number of aliphatic hydroxyl groups excluding tert-OH is 1. The molecule has 8 nitrogen and oxygen atoms in total. The molecule has 0 fully saturated rings. The van der Waals surface area contributed by atoms with E-state index in [4.69, 9.17) is 4.74 Å². The highest BCUT2D eigenvalue weighted by atomic mass is 16.6. The summed E-state index contributed by atoms with van der Waals surface area (Å²) in [6.07, 6.45) is -0.632. The molecule has 0 aromatic carbocycles. The van der Waals surface area contributed by atoms with Crippen molar-refractivity contribution < 1.29 is 14.6 Å². The third kappa shape index (κ3) is 4.82. The van der Waals surface area contributed by atoms with E-state index in [2.05, 4.69) is 20.7 Å². The van der Waals surface area contributed by atoms with Crippen LogP contribution < -0.4 is 5.32 Å². The van der Waals surface area contributed by atoms with Gasteiger partial charge < -0.3 is 15.2 Å². The quantitative estimate of drug-likeness (QED) is 0.840. The van der Waals surface area contributed by atoms with Crippen LogP contribution in [-0.4, -0.2) is 43.6 Å². The van der Waals surface area contributed by atoms with Crippen molar-refractivity contribution in [1.82, 2.24) is 25.5 Å². The van der Waals surface area contributed by atoms with E-state index in [-0.39, 0.29) is 18.5 Å². The van der Waals surface area contributed by atoms with Gasteiger partial charge in [0.25, 0.3) is 0 Å². The number of hydrogen-bond acceptors (Lipinski definition) is 6. The molecule has 1 aromatic rings. The van der Waals surface area contributed by atoms with E-state index >= 15 is 0 Å². The van der Waals surface area contributed by atoms with Crippen LogP contribution in [0, 0.1) is 0 Å². The Morgan fingerprint density at radius 3 is 2.53 bits per heavy atom. The second-order valence-corrected chi connectivity index (χ2v) is 5.44. The zero-order valence-electron chi connectivity index (χ0n) is 11.9. The fourth-order valence-corrected chi connectivity index (χ4v) is 1.24. The Bertz CT molecular complexity index is 424. The maximum atomic E-state index is 11.6. The van der Waals surface area contributed by atoms with Crippen molar-refractivity contribution in [3.05, 3.63) is 5.82 Å². The summed E-state index contributed by atoms with van der Waals surface area (Å²) in [7, 11) is 0. The molecule has 2 N–H and O–H groups in total. The minimum atomic E-state index is -0.734. The number of tetrazole rings is 1. The standard InChI is InChI=1S/C11H21N5O3/c1-7(2)16-14-9(13-15-16)8(6-17)12-10(18)19-11(3,4)5/h7-8,17H,6H2,1-5H3,(H,12,18)/t8-/m0/s1. The van der Waals surface area contributed by atoms with E-state index < -0.39 is 17.7 Å². The molecule has 1 rings (SSSR count). The number of rotatable bonds is 4. The SMILES string of the molecule is CC(C)n1nnc([C@H](CO)NC(=O)OC(C)(C)C)n1. The Morgan fingerprint density at radius 2 is 2.11 bits per heavy atom. The van der Waals surface area contributed by atoms with Crippen molar-refractivity contribution in [2.45, 2.75) is 52.3 Å². The number of nitrogens with one attached hydrogen (secondary N) is 1. The summed E-state index contributed by atoms with van der Waals surface area (Å²) in [6, 6.07) is -0.676. The molecule has 0 spiro atoms. The van der Waals surface area contributed by atoms with Gasteiger partial charge in [0.05, 0.1) is 12.6 Å². The number of alkyl carbamates (subject to hydrolysis) is 1.